The number of nitrogens with zero attached hydrogens (tertiary/aromatic N) is 4. The minimum atomic E-state index is -4.76. The first kappa shape index (κ1) is 23.0. The van der Waals surface area contributed by atoms with E-state index in [1.807, 2.05) is 11.8 Å². The average Bonchev–Trinajstić information content (AvgIpc) is 2.77. The summed E-state index contributed by atoms with van der Waals surface area (Å²) >= 11 is 0.987. The van der Waals surface area contributed by atoms with Crippen molar-refractivity contribution in [1.29, 1.82) is 0 Å². The van der Waals surface area contributed by atoms with E-state index in [0.717, 1.165) is 30.9 Å². The number of nitro benzene ring substituents is 1. The third-order valence-electron chi connectivity index (χ3n) is 6.51. The van der Waals surface area contributed by atoms with Crippen LogP contribution < -0.4 is 0 Å². The first-order valence-corrected chi connectivity index (χ1v) is 11.6. The molecule has 1 aliphatic carbocycles. The van der Waals surface area contributed by atoms with Gasteiger partial charge in [-0.15, -0.1) is 0 Å². The average molecular weight is 471 g/mol. The van der Waals surface area contributed by atoms with E-state index in [2.05, 4.69) is 9.89 Å². The highest BCUT2D eigenvalue weighted by Gasteiger charge is 2.40. The van der Waals surface area contributed by atoms with Crippen LogP contribution in [0.15, 0.2) is 22.0 Å². The molecule has 0 spiro atoms. The van der Waals surface area contributed by atoms with Crippen LogP contribution in [-0.4, -0.2) is 57.9 Å². The van der Waals surface area contributed by atoms with Gasteiger partial charge in [0.1, 0.15) is 12.3 Å². The standard InChI is InChI=1S/C21H25F3N4O3S/c1-13-11-26(15-5-3-2-4-6-15)7-8-27(13)20-25-17(12-29)16-9-14(21(22,23)24)10-18(28(30)31)19(16)32-20/h9-10,12-13,15,17H,2-8,11H2,1H3. The predicted molar refractivity (Wildman–Crippen MR) is 115 cm³/mol. The van der Waals surface area contributed by atoms with Crippen molar-refractivity contribution in [2.75, 3.05) is 19.6 Å². The number of fused-ring (bicyclic) bond motifs is 1. The molecule has 0 radical (unpaired) electrons. The quantitative estimate of drug-likeness (QED) is 0.363. The summed E-state index contributed by atoms with van der Waals surface area (Å²) in [7, 11) is 0. The van der Waals surface area contributed by atoms with Crippen LogP contribution in [0.5, 0.6) is 0 Å². The molecule has 4 rings (SSSR count). The van der Waals surface area contributed by atoms with Gasteiger partial charge in [0.25, 0.3) is 5.69 Å². The summed E-state index contributed by atoms with van der Waals surface area (Å²) in [5.74, 6) is 0. The van der Waals surface area contributed by atoms with Crippen LogP contribution in [0, 0.1) is 10.1 Å². The zero-order valence-electron chi connectivity index (χ0n) is 17.7. The molecule has 0 N–H and O–H groups in total. The molecule has 3 aliphatic rings. The molecule has 1 aromatic rings. The number of alkyl halides is 3. The molecule has 1 saturated carbocycles. The van der Waals surface area contributed by atoms with Gasteiger partial charge in [-0.3, -0.25) is 15.0 Å². The molecule has 32 heavy (non-hydrogen) atoms. The van der Waals surface area contributed by atoms with Gasteiger partial charge < -0.3 is 9.69 Å². The summed E-state index contributed by atoms with van der Waals surface area (Å²) in [5.41, 5.74) is -1.86. The van der Waals surface area contributed by atoms with Crippen LogP contribution in [0.3, 0.4) is 0 Å². The van der Waals surface area contributed by atoms with Gasteiger partial charge in [-0.2, -0.15) is 13.2 Å². The van der Waals surface area contributed by atoms with Crippen LogP contribution in [0.4, 0.5) is 18.9 Å². The van der Waals surface area contributed by atoms with Crippen molar-refractivity contribution in [2.24, 2.45) is 4.99 Å². The fourth-order valence-electron chi connectivity index (χ4n) is 4.86. The van der Waals surface area contributed by atoms with Crippen molar-refractivity contribution >= 4 is 28.9 Å². The number of benzene rings is 1. The summed E-state index contributed by atoms with van der Waals surface area (Å²) in [5, 5.41) is 12.0. The lowest BCUT2D eigenvalue weighted by molar-refractivity contribution is -0.388. The van der Waals surface area contributed by atoms with Gasteiger partial charge in [-0.25, -0.2) is 4.99 Å². The number of hydrogen-bond acceptors (Lipinski definition) is 7. The van der Waals surface area contributed by atoms with E-state index in [1.54, 1.807) is 0 Å². The van der Waals surface area contributed by atoms with Gasteiger partial charge >= 0.3 is 6.18 Å². The van der Waals surface area contributed by atoms with Crippen LogP contribution in [0.2, 0.25) is 0 Å². The van der Waals surface area contributed by atoms with Crippen LogP contribution in [0.25, 0.3) is 0 Å². The Morgan fingerprint density at radius 1 is 1.22 bits per heavy atom. The van der Waals surface area contributed by atoms with E-state index < -0.39 is 28.4 Å². The van der Waals surface area contributed by atoms with E-state index in [-0.39, 0.29) is 16.5 Å². The van der Waals surface area contributed by atoms with E-state index in [4.69, 9.17) is 0 Å². The predicted octanol–water partition coefficient (Wildman–Crippen LogP) is 4.65. The second kappa shape index (κ2) is 9.01. The molecule has 11 heteroatoms. The van der Waals surface area contributed by atoms with Gasteiger partial charge in [-0.05, 0) is 37.6 Å². The maximum absolute atomic E-state index is 13.3. The van der Waals surface area contributed by atoms with E-state index in [0.29, 0.717) is 30.1 Å². The molecule has 0 aromatic heterocycles. The number of carbonyl (C=O) groups excluding carboxylic acids is 1. The normalized spacial score (nSPS) is 25.2. The SMILES string of the molecule is CC1CN(C2CCCCC2)CCN1C1=NC(C=O)c2cc(C(F)(F)F)cc([N+](=O)[O-])c2S1. The van der Waals surface area contributed by atoms with Crippen molar-refractivity contribution in [1.82, 2.24) is 9.80 Å². The van der Waals surface area contributed by atoms with Crippen molar-refractivity contribution < 1.29 is 22.9 Å². The number of aliphatic imine (C=N–C) groups is 1. The topological polar surface area (TPSA) is 79.0 Å². The lowest BCUT2D eigenvalue weighted by Gasteiger charge is -2.45. The van der Waals surface area contributed by atoms with Gasteiger partial charge in [0, 0.05) is 43.3 Å². The Kier molecular flexibility index (Phi) is 6.49. The molecule has 1 saturated heterocycles. The number of halogens is 3. The number of carbonyl (C=O) groups is 1. The first-order chi connectivity index (χ1) is 15.2. The molecule has 7 nitrogen and oxygen atoms in total. The zero-order chi connectivity index (χ0) is 23.0. The number of amidine groups is 1. The first-order valence-electron chi connectivity index (χ1n) is 10.8. The molecule has 0 bridgehead atoms. The molecule has 2 aliphatic heterocycles. The number of aldehydes is 1. The Bertz CT molecular complexity index is 934. The molecular formula is C21H25F3N4O3S. The van der Waals surface area contributed by atoms with Crippen molar-refractivity contribution in [3.63, 3.8) is 0 Å². The summed E-state index contributed by atoms with van der Waals surface area (Å²) in [6.07, 6.45) is 1.83. The van der Waals surface area contributed by atoms with E-state index in [9.17, 15) is 28.1 Å². The number of rotatable bonds is 3. The van der Waals surface area contributed by atoms with Crippen molar-refractivity contribution in [2.45, 2.75) is 68.2 Å². The molecule has 2 fully saturated rings. The highest BCUT2D eigenvalue weighted by atomic mass is 32.2. The lowest BCUT2D eigenvalue weighted by Crippen LogP contribution is -2.56. The largest absolute Gasteiger partial charge is 0.416 e. The number of thioether (sulfide) groups is 1. The third-order valence-corrected chi connectivity index (χ3v) is 7.68. The fraction of sp³-hybridized carbons (Fsp3) is 0.619. The monoisotopic (exact) mass is 470 g/mol. The maximum atomic E-state index is 13.3. The van der Waals surface area contributed by atoms with E-state index >= 15 is 0 Å². The van der Waals surface area contributed by atoms with Crippen molar-refractivity contribution in [3.8, 4) is 0 Å². The molecule has 2 heterocycles. The lowest BCUT2D eigenvalue weighted by atomic mass is 9.93. The second-order valence-electron chi connectivity index (χ2n) is 8.59. The minimum absolute atomic E-state index is 0.0620. The molecular weight excluding hydrogens is 445 g/mol. The van der Waals surface area contributed by atoms with Gasteiger partial charge in [0.05, 0.1) is 15.4 Å². The Balaban J connectivity index is 1.61. The second-order valence-corrected chi connectivity index (χ2v) is 9.57. The van der Waals surface area contributed by atoms with E-state index in [1.165, 1.54) is 32.1 Å². The summed E-state index contributed by atoms with van der Waals surface area (Å²) in [6, 6.07) is 0.782. The highest BCUT2D eigenvalue weighted by Crippen LogP contribution is 2.45. The molecule has 1 aromatic carbocycles. The highest BCUT2D eigenvalue weighted by molar-refractivity contribution is 8.14. The summed E-state index contributed by atoms with van der Waals surface area (Å²) in [4.78, 5) is 31.5. The van der Waals surface area contributed by atoms with Gasteiger partial charge in [0.2, 0.25) is 0 Å². The maximum Gasteiger partial charge on any atom is 0.416 e. The Labute approximate surface area is 188 Å². The summed E-state index contributed by atoms with van der Waals surface area (Å²) in [6.45, 7) is 4.34. The molecule has 174 valence electrons. The smallest absolute Gasteiger partial charge is 0.346 e. The third kappa shape index (κ3) is 4.50. The zero-order valence-corrected chi connectivity index (χ0v) is 18.5. The molecule has 2 atom stereocenters. The Morgan fingerprint density at radius 3 is 2.53 bits per heavy atom. The number of hydrogen-bond donors (Lipinski definition) is 0. The van der Waals surface area contributed by atoms with Gasteiger partial charge in [-0.1, -0.05) is 19.3 Å². The Hall–Kier alpha value is -2.14. The molecule has 2 unspecified atom stereocenters. The minimum Gasteiger partial charge on any atom is -0.346 e. The number of nitro groups is 1. The van der Waals surface area contributed by atoms with Crippen LogP contribution >= 0.6 is 11.8 Å². The van der Waals surface area contributed by atoms with Gasteiger partial charge in [0.15, 0.2) is 5.17 Å². The van der Waals surface area contributed by atoms with Crippen molar-refractivity contribution in [3.05, 3.63) is 33.4 Å². The Morgan fingerprint density at radius 2 is 1.94 bits per heavy atom. The number of piperazine rings is 1. The van der Waals surface area contributed by atoms with Crippen LogP contribution in [0.1, 0.15) is 56.2 Å². The summed E-state index contributed by atoms with van der Waals surface area (Å²) < 4.78 is 39.8. The fourth-order valence-corrected chi connectivity index (χ4v) is 6.13. The van der Waals surface area contributed by atoms with Crippen LogP contribution in [-0.2, 0) is 11.0 Å². The molecule has 0 amide bonds.